The van der Waals surface area contributed by atoms with Crippen LogP contribution >= 0.6 is 24.0 Å². The maximum atomic E-state index is 11.1. The van der Waals surface area contributed by atoms with E-state index in [0.717, 1.165) is 17.0 Å². The normalized spacial score (nSPS) is 25.6. The minimum Gasteiger partial charge on any atom is -0.466 e. The highest BCUT2D eigenvalue weighted by molar-refractivity contribution is 8.25. The second-order valence-electron chi connectivity index (χ2n) is 5.62. The van der Waals surface area contributed by atoms with Crippen molar-refractivity contribution in [2.24, 2.45) is 10.9 Å². The Balaban J connectivity index is 1.91. The molecule has 2 saturated carbocycles. The zero-order valence-corrected chi connectivity index (χ0v) is 14.2. The monoisotopic (exact) mass is 325 g/mol. The lowest BCUT2D eigenvalue weighted by atomic mass is 9.95. The Morgan fingerprint density at radius 1 is 1.29 bits per heavy atom. The lowest BCUT2D eigenvalue weighted by Gasteiger charge is -2.20. The van der Waals surface area contributed by atoms with E-state index in [0.29, 0.717) is 12.0 Å². The van der Waals surface area contributed by atoms with Crippen molar-refractivity contribution >= 4 is 39.9 Å². The van der Waals surface area contributed by atoms with Crippen LogP contribution in [0.5, 0.6) is 0 Å². The molecule has 2 aliphatic rings. The fourth-order valence-corrected chi connectivity index (χ4v) is 4.14. The molecule has 0 unspecified atom stereocenters. The summed E-state index contributed by atoms with van der Waals surface area (Å²) < 4.78 is 5.51. The van der Waals surface area contributed by atoms with Gasteiger partial charge in [-0.25, -0.2) is 4.79 Å². The number of carbonyl (C=O) groups excluding carboxylic acids is 1. The number of aliphatic imine (C=N–C) groups is 1. The minimum absolute atomic E-state index is 0.314. The van der Waals surface area contributed by atoms with Gasteiger partial charge < -0.3 is 4.74 Å². The van der Waals surface area contributed by atoms with E-state index in [4.69, 9.17) is 17.2 Å². The molecule has 2 aliphatic carbocycles. The third-order valence-electron chi connectivity index (χ3n) is 4.13. The molecule has 0 aromatic heterocycles. The molecule has 5 heteroatoms. The van der Waals surface area contributed by atoms with E-state index in [2.05, 4.69) is 4.74 Å². The number of hydrogen-bond acceptors (Lipinski definition) is 5. The van der Waals surface area contributed by atoms with Crippen LogP contribution in [-0.2, 0) is 9.53 Å². The Labute approximate surface area is 136 Å². The zero-order chi connectivity index (χ0) is 15.1. The van der Waals surface area contributed by atoms with Gasteiger partial charge >= 0.3 is 5.97 Å². The number of ether oxygens (including phenoxy) is 1. The summed E-state index contributed by atoms with van der Waals surface area (Å²) in [6.45, 7) is 0. The summed E-state index contributed by atoms with van der Waals surface area (Å²) in [7, 11) is 1.38. The molecule has 0 amide bonds. The molecule has 0 saturated heterocycles. The largest absolute Gasteiger partial charge is 0.466 e. The fraction of sp³-hybridized carbons (Fsp3) is 0.688. The molecule has 2 fully saturated rings. The summed E-state index contributed by atoms with van der Waals surface area (Å²) in [6.07, 6.45) is 11.2. The summed E-state index contributed by atoms with van der Waals surface area (Å²) >= 11 is 6.98. The SMILES string of the molecule is COC(=O)/C=C/SC(=S)[C@@H]1CCCC1=NC1CCCCC1. The maximum absolute atomic E-state index is 11.1. The van der Waals surface area contributed by atoms with Gasteiger partial charge in [-0.3, -0.25) is 4.99 Å². The first-order valence-corrected chi connectivity index (χ1v) is 9.01. The van der Waals surface area contributed by atoms with Crippen LogP contribution in [0.25, 0.3) is 0 Å². The van der Waals surface area contributed by atoms with Gasteiger partial charge in [0.25, 0.3) is 0 Å². The number of hydrogen-bond donors (Lipinski definition) is 0. The van der Waals surface area contributed by atoms with E-state index < -0.39 is 0 Å². The van der Waals surface area contributed by atoms with Gasteiger partial charge in [0.2, 0.25) is 0 Å². The van der Waals surface area contributed by atoms with Gasteiger partial charge in [-0.1, -0.05) is 43.2 Å². The van der Waals surface area contributed by atoms with Crippen molar-refractivity contribution < 1.29 is 9.53 Å². The summed E-state index contributed by atoms with van der Waals surface area (Å²) in [5, 5.41) is 1.73. The van der Waals surface area contributed by atoms with Crippen molar-refractivity contribution in [2.45, 2.75) is 57.4 Å². The van der Waals surface area contributed by atoms with Gasteiger partial charge in [-0.2, -0.15) is 0 Å². The van der Waals surface area contributed by atoms with Crippen LogP contribution < -0.4 is 0 Å². The minimum atomic E-state index is -0.340. The highest BCUT2D eigenvalue weighted by Crippen LogP contribution is 2.31. The van der Waals surface area contributed by atoms with Gasteiger partial charge in [0.1, 0.15) is 0 Å². The van der Waals surface area contributed by atoms with E-state index in [1.54, 1.807) is 5.41 Å². The van der Waals surface area contributed by atoms with Gasteiger partial charge in [0.15, 0.2) is 0 Å². The number of nitrogens with zero attached hydrogens (tertiary/aromatic N) is 1. The summed E-state index contributed by atoms with van der Waals surface area (Å²) in [4.78, 5) is 16.0. The molecular formula is C16H23NO2S2. The molecule has 0 radical (unpaired) electrons. The van der Waals surface area contributed by atoms with Crippen molar-refractivity contribution in [3.8, 4) is 0 Å². The van der Waals surface area contributed by atoms with Gasteiger partial charge in [0.05, 0.1) is 11.3 Å². The third kappa shape index (κ3) is 5.22. The van der Waals surface area contributed by atoms with E-state index in [9.17, 15) is 4.79 Å². The molecule has 1 atom stereocenters. The molecule has 0 spiro atoms. The average Bonchev–Trinajstić information content (AvgIpc) is 2.96. The predicted octanol–water partition coefficient (Wildman–Crippen LogP) is 4.31. The van der Waals surface area contributed by atoms with Crippen LogP contribution in [0.15, 0.2) is 16.5 Å². The molecule has 0 bridgehead atoms. The van der Waals surface area contributed by atoms with Crippen LogP contribution in [0.4, 0.5) is 0 Å². The number of rotatable bonds is 4. The van der Waals surface area contributed by atoms with Gasteiger partial charge in [0, 0.05) is 23.7 Å². The molecule has 21 heavy (non-hydrogen) atoms. The van der Waals surface area contributed by atoms with Crippen LogP contribution in [0.1, 0.15) is 51.4 Å². The van der Waals surface area contributed by atoms with E-state index in [1.807, 2.05) is 0 Å². The summed E-state index contributed by atoms with van der Waals surface area (Å²) in [6, 6.07) is 0.521. The quantitative estimate of drug-likeness (QED) is 0.439. The predicted molar refractivity (Wildman–Crippen MR) is 93.0 cm³/mol. The van der Waals surface area contributed by atoms with Crippen molar-refractivity contribution in [1.82, 2.24) is 0 Å². The maximum Gasteiger partial charge on any atom is 0.330 e. The van der Waals surface area contributed by atoms with Gasteiger partial charge in [-0.15, -0.1) is 0 Å². The highest BCUT2D eigenvalue weighted by Gasteiger charge is 2.27. The molecule has 116 valence electrons. The number of carbonyl (C=O) groups is 1. The Morgan fingerprint density at radius 3 is 2.76 bits per heavy atom. The highest BCUT2D eigenvalue weighted by atomic mass is 32.2. The second-order valence-corrected chi connectivity index (χ2v) is 7.27. The topological polar surface area (TPSA) is 38.7 Å². The smallest absolute Gasteiger partial charge is 0.330 e. The molecule has 0 aromatic carbocycles. The fourth-order valence-electron chi connectivity index (χ4n) is 2.99. The summed E-state index contributed by atoms with van der Waals surface area (Å²) in [5.41, 5.74) is 1.30. The van der Waals surface area contributed by atoms with Crippen molar-refractivity contribution in [1.29, 1.82) is 0 Å². The zero-order valence-electron chi connectivity index (χ0n) is 12.5. The van der Waals surface area contributed by atoms with Crippen molar-refractivity contribution in [2.75, 3.05) is 7.11 Å². The first-order valence-electron chi connectivity index (χ1n) is 7.72. The lowest BCUT2D eigenvalue weighted by molar-refractivity contribution is -0.134. The number of thioether (sulfide) groups is 1. The standard InChI is InChI=1S/C16H23NO2S2/c1-19-15(18)10-11-21-16(20)13-8-5-9-14(13)17-12-6-3-2-4-7-12/h10-13H,2-9H2,1H3/b11-10+,17-14?/t13-/m1/s1. The van der Waals surface area contributed by atoms with Crippen LogP contribution in [0, 0.1) is 5.92 Å². The Hall–Kier alpha value is -0.680. The molecule has 0 heterocycles. The van der Waals surface area contributed by atoms with Crippen LogP contribution in [0.2, 0.25) is 0 Å². The van der Waals surface area contributed by atoms with E-state index >= 15 is 0 Å². The molecule has 0 N–H and O–H groups in total. The Bertz CT molecular complexity index is 440. The molecule has 2 rings (SSSR count). The molecule has 0 aliphatic heterocycles. The molecule has 3 nitrogen and oxygen atoms in total. The first kappa shape index (κ1) is 16.7. The van der Waals surface area contributed by atoms with E-state index in [1.165, 1.54) is 69.2 Å². The van der Waals surface area contributed by atoms with E-state index in [-0.39, 0.29) is 5.97 Å². The van der Waals surface area contributed by atoms with Gasteiger partial charge in [-0.05, 0) is 37.5 Å². The van der Waals surface area contributed by atoms with Crippen LogP contribution in [-0.4, -0.2) is 29.0 Å². The number of methoxy groups -OCH3 is 1. The Morgan fingerprint density at radius 2 is 2.05 bits per heavy atom. The summed E-state index contributed by atoms with van der Waals surface area (Å²) in [5.74, 6) is -0.0259. The number of esters is 1. The Kier molecular flexibility index (Phi) is 6.90. The molecule has 0 aromatic rings. The first-order chi connectivity index (χ1) is 10.2. The second kappa shape index (κ2) is 8.69. The average molecular weight is 325 g/mol. The number of thiocarbonyl (C=S) groups is 1. The molecular weight excluding hydrogens is 302 g/mol. The van der Waals surface area contributed by atoms with Crippen molar-refractivity contribution in [3.05, 3.63) is 11.5 Å². The van der Waals surface area contributed by atoms with Crippen LogP contribution in [0.3, 0.4) is 0 Å². The lowest BCUT2D eigenvalue weighted by Crippen LogP contribution is -2.18. The van der Waals surface area contributed by atoms with Crippen molar-refractivity contribution in [3.63, 3.8) is 0 Å². The third-order valence-corrected chi connectivity index (χ3v) is 5.49.